The summed E-state index contributed by atoms with van der Waals surface area (Å²) in [5.74, 6) is 0.586. The lowest BCUT2D eigenvalue weighted by molar-refractivity contribution is 0.653. The molecule has 3 aromatic rings. The first-order valence-electron chi connectivity index (χ1n) is 6.07. The molecule has 0 spiro atoms. The van der Waals surface area contributed by atoms with Crippen molar-refractivity contribution in [3.05, 3.63) is 36.1 Å². The zero-order valence-corrected chi connectivity index (χ0v) is 13.0. The van der Waals surface area contributed by atoms with Gasteiger partial charge in [-0.1, -0.05) is 6.92 Å². The number of aryl methyl sites for hydroxylation is 1. The second-order valence-corrected chi connectivity index (χ2v) is 6.62. The van der Waals surface area contributed by atoms with Crippen LogP contribution in [0.5, 0.6) is 0 Å². The lowest BCUT2D eigenvalue weighted by atomic mass is 10.3. The van der Waals surface area contributed by atoms with Crippen LogP contribution in [-0.4, -0.2) is 19.5 Å². The first-order chi connectivity index (χ1) is 9.60. The number of hydrogen-bond donors (Lipinski definition) is 2. The van der Waals surface area contributed by atoms with Crippen LogP contribution >= 0.6 is 27.3 Å². The van der Waals surface area contributed by atoms with Gasteiger partial charge in [-0.05, 0) is 28.4 Å². The van der Waals surface area contributed by atoms with Gasteiger partial charge in [0.1, 0.15) is 11.3 Å². The van der Waals surface area contributed by atoms with Crippen LogP contribution in [0.3, 0.4) is 0 Å². The summed E-state index contributed by atoms with van der Waals surface area (Å²) in [4.78, 5) is 33.4. The van der Waals surface area contributed by atoms with E-state index >= 15 is 0 Å². The van der Waals surface area contributed by atoms with Gasteiger partial charge in [-0.3, -0.25) is 14.3 Å². The largest absolute Gasteiger partial charge is 0.332 e. The van der Waals surface area contributed by atoms with Gasteiger partial charge in [-0.2, -0.15) is 0 Å². The Kier molecular flexibility index (Phi) is 3.35. The quantitative estimate of drug-likeness (QED) is 0.756. The maximum atomic E-state index is 11.9. The first-order valence-corrected chi connectivity index (χ1v) is 7.74. The van der Waals surface area contributed by atoms with Crippen molar-refractivity contribution < 1.29 is 0 Å². The van der Waals surface area contributed by atoms with Gasteiger partial charge in [-0.15, -0.1) is 11.3 Å². The third kappa shape index (κ3) is 2.14. The van der Waals surface area contributed by atoms with E-state index in [1.807, 2.05) is 18.4 Å². The van der Waals surface area contributed by atoms with E-state index < -0.39 is 11.2 Å². The van der Waals surface area contributed by atoms with Crippen LogP contribution in [0.2, 0.25) is 0 Å². The molecule has 3 rings (SSSR count). The Morgan fingerprint density at radius 1 is 1.40 bits per heavy atom. The van der Waals surface area contributed by atoms with Gasteiger partial charge in [0.05, 0.1) is 3.79 Å². The minimum Gasteiger partial charge on any atom is -0.332 e. The van der Waals surface area contributed by atoms with Crippen molar-refractivity contribution in [2.45, 2.75) is 19.9 Å². The summed E-state index contributed by atoms with van der Waals surface area (Å²) in [6.07, 6.45) is 0.785. The standard InChI is InChI=1S/C12H11BrN4O2S/c1-2-3-17-10-8(11(18)16-12(17)19)14-9(15-10)6-4-7(13)20-5-6/h4-5H,2-3H2,1H3,(H,14,15)(H,16,18,19). The van der Waals surface area contributed by atoms with E-state index in [0.717, 1.165) is 15.8 Å². The number of nitrogens with zero attached hydrogens (tertiary/aromatic N) is 2. The number of aromatic nitrogens is 4. The van der Waals surface area contributed by atoms with Gasteiger partial charge in [0.25, 0.3) is 5.56 Å². The maximum Gasteiger partial charge on any atom is 0.330 e. The number of imidazole rings is 1. The van der Waals surface area contributed by atoms with Crippen LogP contribution in [0.4, 0.5) is 0 Å². The Hall–Kier alpha value is -1.67. The predicted molar refractivity (Wildman–Crippen MR) is 82.3 cm³/mol. The molecule has 0 aromatic carbocycles. The van der Waals surface area contributed by atoms with Crippen molar-refractivity contribution in [1.82, 2.24) is 19.5 Å². The van der Waals surface area contributed by atoms with E-state index in [4.69, 9.17) is 0 Å². The van der Waals surface area contributed by atoms with Crippen LogP contribution < -0.4 is 11.2 Å². The average Bonchev–Trinajstić information content (AvgIpc) is 3.00. The highest BCUT2D eigenvalue weighted by atomic mass is 79.9. The summed E-state index contributed by atoms with van der Waals surface area (Å²) in [6.45, 7) is 2.48. The van der Waals surface area contributed by atoms with Crippen LogP contribution in [0.25, 0.3) is 22.6 Å². The molecule has 2 N–H and O–H groups in total. The van der Waals surface area contributed by atoms with Gasteiger partial charge in [-0.25, -0.2) is 9.78 Å². The molecule has 8 heteroatoms. The maximum absolute atomic E-state index is 11.9. The molecule has 0 aliphatic heterocycles. The molecular formula is C12H11BrN4O2S. The van der Waals surface area contributed by atoms with E-state index in [0.29, 0.717) is 23.5 Å². The minimum absolute atomic E-state index is 0.329. The Bertz CT molecular complexity index is 889. The zero-order chi connectivity index (χ0) is 14.3. The van der Waals surface area contributed by atoms with Gasteiger partial charge in [0, 0.05) is 17.5 Å². The number of thiophene rings is 1. The highest BCUT2D eigenvalue weighted by molar-refractivity contribution is 9.11. The van der Waals surface area contributed by atoms with Crippen molar-refractivity contribution >= 4 is 38.4 Å². The normalized spacial score (nSPS) is 11.3. The van der Waals surface area contributed by atoms with Crippen LogP contribution in [0.15, 0.2) is 24.8 Å². The van der Waals surface area contributed by atoms with Crippen molar-refractivity contribution in [3.8, 4) is 11.4 Å². The fourth-order valence-electron chi connectivity index (χ4n) is 2.04. The molecule has 6 nitrogen and oxygen atoms in total. The summed E-state index contributed by atoms with van der Waals surface area (Å²) in [6, 6.07) is 1.92. The highest BCUT2D eigenvalue weighted by Gasteiger charge is 2.14. The Labute approximate surface area is 125 Å². The van der Waals surface area contributed by atoms with Crippen molar-refractivity contribution in [2.24, 2.45) is 0 Å². The third-order valence-corrected chi connectivity index (χ3v) is 4.43. The van der Waals surface area contributed by atoms with Gasteiger partial charge < -0.3 is 4.98 Å². The highest BCUT2D eigenvalue weighted by Crippen LogP contribution is 2.27. The molecular weight excluding hydrogens is 344 g/mol. The topological polar surface area (TPSA) is 83.5 Å². The van der Waals surface area contributed by atoms with Crippen molar-refractivity contribution in [3.63, 3.8) is 0 Å². The Morgan fingerprint density at radius 3 is 2.85 bits per heavy atom. The van der Waals surface area contributed by atoms with Crippen molar-refractivity contribution in [1.29, 1.82) is 0 Å². The van der Waals surface area contributed by atoms with E-state index in [9.17, 15) is 9.59 Å². The van der Waals surface area contributed by atoms with Crippen LogP contribution in [0, 0.1) is 0 Å². The number of H-pyrrole nitrogens is 2. The van der Waals surface area contributed by atoms with E-state index in [-0.39, 0.29) is 0 Å². The number of nitrogens with one attached hydrogen (secondary N) is 2. The SMILES string of the molecule is CCCn1c(=O)[nH]c(=O)c2[nH]c(-c3csc(Br)c3)nc21. The first kappa shape index (κ1) is 13.3. The van der Waals surface area contributed by atoms with E-state index in [2.05, 4.69) is 30.9 Å². The average molecular weight is 355 g/mol. The summed E-state index contributed by atoms with van der Waals surface area (Å²) in [7, 11) is 0. The molecule has 0 saturated heterocycles. The Balaban J connectivity index is 2.29. The Morgan fingerprint density at radius 2 is 2.20 bits per heavy atom. The monoisotopic (exact) mass is 354 g/mol. The van der Waals surface area contributed by atoms with E-state index in [1.165, 1.54) is 15.9 Å². The summed E-state index contributed by atoms with van der Waals surface area (Å²) in [5, 5.41) is 1.93. The molecule has 0 aliphatic rings. The molecule has 0 bridgehead atoms. The van der Waals surface area contributed by atoms with Gasteiger partial charge in [0.15, 0.2) is 5.65 Å². The molecule has 0 atom stereocenters. The molecule has 104 valence electrons. The molecule has 0 radical (unpaired) electrons. The van der Waals surface area contributed by atoms with Crippen molar-refractivity contribution in [2.75, 3.05) is 0 Å². The lowest BCUT2D eigenvalue weighted by Gasteiger charge is -2.02. The number of rotatable bonds is 3. The fourth-order valence-corrected chi connectivity index (χ4v) is 3.18. The molecule has 3 heterocycles. The van der Waals surface area contributed by atoms with Crippen LogP contribution in [0.1, 0.15) is 13.3 Å². The minimum atomic E-state index is -0.439. The molecule has 0 unspecified atom stereocenters. The molecule has 0 aliphatic carbocycles. The summed E-state index contributed by atoms with van der Waals surface area (Å²) < 4.78 is 2.46. The van der Waals surface area contributed by atoms with E-state index in [1.54, 1.807) is 0 Å². The molecule has 0 saturated carbocycles. The number of aromatic amines is 2. The number of halogens is 1. The molecule has 3 aromatic heterocycles. The summed E-state index contributed by atoms with van der Waals surface area (Å²) in [5.41, 5.74) is 0.751. The van der Waals surface area contributed by atoms with Gasteiger partial charge in [0.2, 0.25) is 0 Å². The third-order valence-electron chi connectivity index (χ3n) is 2.92. The number of hydrogen-bond acceptors (Lipinski definition) is 4. The predicted octanol–water partition coefficient (Wildman–Crippen LogP) is 2.31. The second kappa shape index (κ2) is 5.02. The van der Waals surface area contributed by atoms with Crippen LogP contribution in [-0.2, 0) is 6.54 Å². The molecule has 20 heavy (non-hydrogen) atoms. The van der Waals surface area contributed by atoms with Gasteiger partial charge >= 0.3 is 5.69 Å². The molecule has 0 amide bonds. The number of fused-ring (bicyclic) bond motifs is 1. The smallest absolute Gasteiger partial charge is 0.330 e. The summed E-state index contributed by atoms with van der Waals surface area (Å²) >= 11 is 4.93. The second-order valence-electron chi connectivity index (χ2n) is 4.33. The molecule has 0 fully saturated rings. The fraction of sp³-hybridized carbons (Fsp3) is 0.250. The lowest BCUT2D eigenvalue weighted by Crippen LogP contribution is -2.30. The zero-order valence-electron chi connectivity index (χ0n) is 10.6.